The summed E-state index contributed by atoms with van der Waals surface area (Å²) >= 11 is 0. The fraction of sp³-hybridized carbons (Fsp3) is 0.143. The van der Waals surface area contributed by atoms with Crippen LogP contribution in [0.3, 0.4) is 0 Å². The summed E-state index contributed by atoms with van der Waals surface area (Å²) in [6, 6.07) is 0. The van der Waals surface area contributed by atoms with Crippen molar-refractivity contribution in [3.63, 3.8) is 0 Å². The van der Waals surface area contributed by atoms with Crippen LogP contribution in [0.4, 0.5) is 4.79 Å². The number of hydrogen-bond acceptors (Lipinski definition) is 2. The van der Waals surface area contributed by atoms with Crippen LogP contribution in [0.1, 0.15) is 6.42 Å². The Kier molecular flexibility index (Phi) is 2.14. The summed E-state index contributed by atoms with van der Waals surface area (Å²) in [5, 5.41) is 17.0. The Morgan fingerprint density at radius 1 is 1.42 bits per heavy atom. The van der Waals surface area contributed by atoms with Crippen molar-refractivity contribution in [3.05, 3.63) is 24.0 Å². The fourth-order valence-corrected chi connectivity index (χ4v) is 0.818. The first-order chi connectivity index (χ1) is 5.61. The molecule has 0 spiro atoms. The highest BCUT2D eigenvalue weighted by Crippen LogP contribution is 2.11. The molecule has 0 bridgehead atoms. The van der Waals surface area contributed by atoms with Gasteiger partial charge >= 0.3 is 12.1 Å². The van der Waals surface area contributed by atoms with Gasteiger partial charge in [-0.05, 0) is 0 Å². The van der Waals surface area contributed by atoms with E-state index >= 15 is 0 Å². The van der Waals surface area contributed by atoms with E-state index in [2.05, 4.69) is 0 Å². The molecule has 1 heterocycles. The van der Waals surface area contributed by atoms with Gasteiger partial charge in [0, 0.05) is 18.8 Å². The minimum Gasteiger partial charge on any atom is -0.478 e. The summed E-state index contributed by atoms with van der Waals surface area (Å²) in [6.07, 6.45) is 2.96. The van der Waals surface area contributed by atoms with E-state index in [1.807, 2.05) is 0 Å². The minimum absolute atomic E-state index is 0.0694. The quantitative estimate of drug-likeness (QED) is 0.610. The Morgan fingerprint density at radius 2 is 2.08 bits per heavy atom. The van der Waals surface area contributed by atoms with Crippen molar-refractivity contribution in [2.24, 2.45) is 0 Å². The Labute approximate surface area is 68.2 Å². The SMILES string of the molecule is O=C(O)C1=CN(C(=O)O)C=CC1. The Bertz CT molecular complexity index is 279. The largest absolute Gasteiger partial charge is 0.478 e. The smallest absolute Gasteiger partial charge is 0.415 e. The Balaban J connectivity index is 2.81. The number of carbonyl (C=O) groups is 2. The average molecular weight is 169 g/mol. The lowest BCUT2D eigenvalue weighted by Crippen LogP contribution is -2.21. The summed E-state index contributed by atoms with van der Waals surface area (Å²) < 4.78 is 0. The van der Waals surface area contributed by atoms with E-state index in [9.17, 15) is 9.59 Å². The molecule has 0 radical (unpaired) electrons. The predicted molar refractivity (Wildman–Crippen MR) is 39.3 cm³/mol. The number of aliphatic carboxylic acids is 1. The maximum atomic E-state index is 10.4. The monoisotopic (exact) mass is 169 g/mol. The Morgan fingerprint density at radius 3 is 2.58 bits per heavy atom. The molecule has 1 aliphatic heterocycles. The molecule has 0 aromatic rings. The Hall–Kier alpha value is -1.78. The highest BCUT2D eigenvalue weighted by molar-refractivity contribution is 5.88. The molecule has 0 atom stereocenters. The molecule has 5 nitrogen and oxygen atoms in total. The summed E-state index contributed by atoms with van der Waals surface area (Å²) in [4.78, 5) is 21.6. The summed E-state index contributed by atoms with van der Waals surface area (Å²) in [7, 11) is 0. The second-order valence-corrected chi connectivity index (χ2v) is 2.24. The van der Waals surface area contributed by atoms with Crippen LogP contribution in [-0.2, 0) is 4.79 Å². The molecule has 0 aromatic carbocycles. The highest BCUT2D eigenvalue weighted by Gasteiger charge is 2.14. The third-order valence-electron chi connectivity index (χ3n) is 1.39. The fourth-order valence-electron chi connectivity index (χ4n) is 0.818. The second kappa shape index (κ2) is 3.08. The van der Waals surface area contributed by atoms with Gasteiger partial charge in [-0.25, -0.2) is 9.59 Å². The zero-order chi connectivity index (χ0) is 9.14. The topological polar surface area (TPSA) is 77.8 Å². The standard InChI is InChI=1S/C7H7NO4/c9-6(10)5-2-1-3-8(4-5)7(11)12/h1,3-4H,2H2,(H,9,10)(H,11,12). The molecule has 2 N–H and O–H groups in total. The molecule has 0 saturated carbocycles. The van der Waals surface area contributed by atoms with Crippen molar-refractivity contribution >= 4 is 12.1 Å². The number of rotatable bonds is 1. The van der Waals surface area contributed by atoms with Gasteiger partial charge in [-0.15, -0.1) is 0 Å². The highest BCUT2D eigenvalue weighted by atomic mass is 16.4. The maximum absolute atomic E-state index is 10.4. The normalized spacial score (nSPS) is 15.7. The summed E-state index contributed by atoms with van der Waals surface area (Å²) in [5.74, 6) is -1.09. The van der Waals surface area contributed by atoms with Gasteiger partial charge in [-0.1, -0.05) is 6.08 Å². The third kappa shape index (κ3) is 1.63. The van der Waals surface area contributed by atoms with Gasteiger partial charge in [0.05, 0.1) is 5.57 Å². The van der Waals surface area contributed by atoms with Crippen molar-refractivity contribution < 1.29 is 19.8 Å². The van der Waals surface area contributed by atoms with Gasteiger partial charge in [0.15, 0.2) is 0 Å². The molecule has 1 rings (SSSR count). The number of amides is 1. The lowest BCUT2D eigenvalue weighted by Gasteiger charge is -2.13. The van der Waals surface area contributed by atoms with Crippen LogP contribution in [0, 0.1) is 0 Å². The van der Waals surface area contributed by atoms with Crippen LogP contribution in [0.25, 0.3) is 0 Å². The van der Waals surface area contributed by atoms with Crippen LogP contribution in [0.15, 0.2) is 24.0 Å². The zero-order valence-electron chi connectivity index (χ0n) is 6.10. The third-order valence-corrected chi connectivity index (χ3v) is 1.39. The molecule has 0 saturated heterocycles. The molecule has 0 aliphatic carbocycles. The lowest BCUT2D eigenvalue weighted by molar-refractivity contribution is -0.132. The van der Waals surface area contributed by atoms with Crippen molar-refractivity contribution in [2.45, 2.75) is 6.42 Å². The number of hydrogen-bond donors (Lipinski definition) is 2. The first-order valence-corrected chi connectivity index (χ1v) is 3.23. The van der Waals surface area contributed by atoms with Gasteiger partial charge < -0.3 is 10.2 Å². The molecular weight excluding hydrogens is 162 g/mol. The maximum Gasteiger partial charge on any atom is 0.415 e. The van der Waals surface area contributed by atoms with Gasteiger partial charge in [0.25, 0.3) is 0 Å². The predicted octanol–water partition coefficient (Wildman–Crippen LogP) is 0.852. The van der Waals surface area contributed by atoms with E-state index in [1.54, 1.807) is 0 Å². The van der Waals surface area contributed by atoms with E-state index in [0.29, 0.717) is 0 Å². The molecule has 0 unspecified atom stereocenters. The molecular formula is C7H7NO4. The number of carboxylic acids is 1. The molecule has 5 heteroatoms. The summed E-state index contributed by atoms with van der Waals surface area (Å²) in [6.45, 7) is 0. The summed E-state index contributed by atoms with van der Waals surface area (Å²) in [5.41, 5.74) is 0.0694. The molecule has 0 aromatic heterocycles. The van der Waals surface area contributed by atoms with Gasteiger partial charge in [0.2, 0.25) is 0 Å². The van der Waals surface area contributed by atoms with Crippen molar-refractivity contribution in [3.8, 4) is 0 Å². The first kappa shape index (κ1) is 8.32. The van der Waals surface area contributed by atoms with Crippen LogP contribution in [0.2, 0.25) is 0 Å². The van der Waals surface area contributed by atoms with E-state index in [-0.39, 0.29) is 12.0 Å². The van der Waals surface area contributed by atoms with E-state index < -0.39 is 12.1 Å². The number of nitrogens with zero attached hydrogens (tertiary/aromatic N) is 1. The molecule has 0 fully saturated rings. The van der Waals surface area contributed by atoms with Gasteiger partial charge in [0.1, 0.15) is 0 Å². The zero-order valence-corrected chi connectivity index (χ0v) is 6.10. The van der Waals surface area contributed by atoms with Gasteiger partial charge in [-0.2, -0.15) is 0 Å². The average Bonchev–Trinajstić information content (AvgIpc) is 2.04. The van der Waals surface area contributed by atoms with Gasteiger partial charge in [-0.3, -0.25) is 4.90 Å². The van der Waals surface area contributed by atoms with E-state index in [4.69, 9.17) is 10.2 Å². The van der Waals surface area contributed by atoms with Crippen molar-refractivity contribution in [2.75, 3.05) is 0 Å². The van der Waals surface area contributed by atoms with E-state index in [1.165, 1.54) is 12.3 Å². The van der Waals surface area contributed by atoms with Crippen LogP contribution in [0.5, 0.6) is 0 Å². The molecule has 12 heavy (non-hydrogen) atoms. The number of carboxylic acid groups (broad SMARTS) is 2. The van der Waals surface area contributed by atoms with Crippen LogP contribution in [-0.4, -0.2) is 27.2 Å². The first-order valence-electron chi connectivity index (χ1n) is 3.23. The number of allylic oxidation sites excluding steroid dienone is 1. The van der Waals surface area contributed by atoms with E-state index in [0.717, 1.165) is 11.1 Å². The molecule has 64 valence electrons. The van der Waals surface area contributed by atoms with Crippen molar-refractivity contribution in [1.29, 1.82) is 0 Å². The molecule has 1 amide bonds. The second-order valence-electron chi connectivity index (χ2n) is 2.24. The van der Waals surface area contributed by atoms with Crippen molar-refractivity contribution in [1.82, 2.24) is 4.90 Å². The minimum atomic E-state index is -1.19. The molecule has 1 aliphatic rings. The lowest BCUT2D eigenvalue weighted by atomic mass is 10.1. The van der Waals surface area contributed by atoms with Crippen LogP contribution >= 0.6 is 0 Å². The van der Waals surface area contributed by atoms with Crippen LogP contribution < -0.4 is 0 Å².